The van der Waals surface area contributed by atoms with Crippen LogP contribution >= 0.6 is 0 Å². The average molecular weight is 363 g/mol. The molecule has 8 heteroatoms. The minimum Gasteiger partial charge on any atom is -0.383 e. The molecule has 0 saturated heterocycles. The zero-order chi connectivity index (χ0) is 18.7. The monoisotopic (exact) mass is 363 g/mol. The summed E-state index contributed by atoms with van der Waals surface area (Å²) >= 11 is 0. The van der Waals surface area contributed by atoms with Gasteiger partial charge in [-0.3, -0.25) is 4.79 Å². The van der Waals surface area contributed by atoms with Crippen molar-refractivity contribution >= 4 is 11.6 Å². The van der Waals surface area contributed by atoms with Crippen LogP contribution in [0.4, 0.5) is 13.2 Å². The zero-order valence-corrected chi connectivity index (χ0v) is 13.9. The Labute approximate surface area is 147 Å². The number of carbonyl (C=O) groups excluding carboxylic acids is 1. The molecule has 1 N–H and O–H groups in total. The van der Waals surface area contributed by atoms with Gasteiger partial charge in [0.05, 0.1) is 12.2 Å². The van der Waals surface area contributed by atoms with E-state index in [1.54, 1.807) is 36.0 Å². The van der Waals surface area contributed by atoms with E-state index >= 15 is 0 Å². The van der Waals surface area contributed by atoms with E-state index in [2.05, 4.69) is 10.3 Å². The maximum Gasteiger partial charge on any atom is 0.416 e. The number of alkyl halides is 3. The van der Waals surface area contributed by atoms with Crippen LogP contribution in [-0.4, -0.2) is 35.6 Å². The molecule has 1 amide bonds. The first-order valence-corrected chi connectivity index (χ1v) is 7.82. The first kappa shape index (κ1) is 17.9. The van der Waals surface area contributed by atoms with Crippen LogP contribution in [0.25, 0.3) is 16.8 Å². The quantitative estimate of drug-likeness (QED) is 0.707. The lowest BCUT2D eigenvalue weighted by Crippen LogP contribution is -2.27. The number of pyridine rings is 1. The van der Waals surface area contributed by atoms with Gasteiger partial charge in [-0.2, -0.15) is 13.2 Å². The van der Waals surface area contributed by atoms with E-state index in [-0.39, 0.29) is 11.6 Å². The molecule has 5 nitrogen and oxygen atoms in total. The van der Waals surface area contributed by atoms with Crippen molar-refractivity contribution in [3.8, 4) is 11.1 Å². The Bertz CT molecular complexity index is 918. The highest BCUT2D eigenvalue weighted by molar-refractivity contribution is 5.92. The van der Waals surface area contributed by atoms with E-state index < -0.39 is 11.7 Å². The molecule has 3 aromatic rings. The van der Waals surface area contributed by atoms with E-state index in [1.807, 2.05) is 0 Å². The van der Waals surface area contributed by atoms with Gasteiger partial charge in [0.1, 0.15) is 11.3 Å². The maximum atomic E-state index is 12.7. The molecule has 0 aliphatic carbocycles. The fraction of sp³-hybridized carbons (Fsp3) is 0.222. The lowest BCUT2D eigenvalue weighted by molar-refractivity contribution is -0.137. The highest BCUT2D eigenvalue weighted by Crippen LogP contribution is 2.31. The highest BCUT2D eigenvalue weighted by Gasteiger charge is 2.29. The van der Waals surface area contributed by atoms with Crippen molar-refractivity contribution in [2.24, 2.45) is 0 Å². The highest BCUT2D eigenvalue weighted by atomic mass is 19.4. The number of fused-ring (bicyclic) bond motifs is 1. The summed E-state index contributed by atoms with van der Waals surface area (Å²) in [5, 5.41) is 2.68. The fourth-order valence-corrected chi connectivity index (χ4v) is 2.48. The number of rotatable bonds is 5. The van der Waals surface area contributed by atoms with Gasteiger partial charge in [-0.15, -0.1) is 0 Å². The number of aromatic nitrogens is 2. The molecule has 2 heterocycles. The van der Waals surface area contributed by atoms with E-state index in [0.717, 1.165) is 17.7 Å². The van der Waals surface area contributed by atoms with Gasteiger partial charge in [0.15, 0.2) is 0 Å². The molecule has 1 aromatic carbocycles. The SMILES string of the molecule is COCCNC(=O)c1cn2cc(-c3ccc(C(F)(F)F)cc3)ccc2n1. The van der Waals surface area contributed by atoms with Crippen LogP contribution in [0.2, 0.25) is 0 Å². The average Bonchev–Trinajstić information content (AvgIpc) is 3.04. The van der Waals surface area contributed by atoms with E-state index in [1.165, 1.54) is 12.1 Å². The standard InChI is InChI=1S/C18H16F3N3O2/c1-26-9-8-22-17(25)15-11-24-10-13(4-7-16(24)23-15)12-2-5-14(6-3-12)18(19,20)21/h2-7,10-11H,8-9H2,1H3,(H,22,25). The minimum absolute atomic E-state index is 0.255. The molecule has 0 radical (unpaired) electrons. The van der Waals surface area contributed by atoms with Crippen molar-refractivity contribution in [1.82, 2.24) is 14.7 Å². The molecule has 0 aliphatic rings. The van der Waals surface area contributed by atoms with Crippen molar-refractivity contribution in [3.05, 3.63) is 60.0 Å². The molecule has 0 spiro atoms. The summed E-state index contributed by atoms with van der Waals surface area (Å²) in [6, 6.07) is 8.37. The third kappa shape index (κ3) is 3.85. The molecule has 0 unspecified atom stereocenters. The fourth-order valence-electron chi connectivity index (χ4n) is 2.48. The Morgan fingerprint density at radius 3 is 2.46 bits per heavy atom. The van der Waals surface area contributed by atoms with Crippen molar-refractivity contribution in [3.63, 3.8) is 0 Å². The summed E-state index contributed by atoms with van der Waals surface area (Å²) in [5.74, 6) is -0.318. The van der Waals surface area contributed by atoms with Crippen LogP contribution in [-0.2, 0) is 10.9 Å². The Morgan fingerprint density at radius 2 is 1.81 bits per heavy atom. The number of carbonyl (C=O) groups is 1. The number of amides is 1. The summed E-state index contributed by atoms with van der Waals surface area (Å²) in [5.41, 5.74) is 1.48. The summed E-state index contributed by atoms with van der Waals surface area (Å²) in [6.45, 7) is 0.775. The van der Waals surface area contributed by atoms with Gasteiger partial charge in [-0.25, -0.2) is 4.98 Å². The molecule has 0 bridgehead atoms. The molecule has 26 heavy (non-hydrogen) atoms. The number of nitrogens with zero attached hydrogens (tertiary/aromatic N) is 2. The Kier molecular flexibility index (Phi) is 4.94. The van der Waals surface area contributed by atoms with Gasteiger partial charge in [0.2, 0.25) is 0 Å². The molecule has 0 fully saturated rings. The van der Waals surface area contributed by atoms with E-state index in [4.69, 9.17) is 4.74 Å². The number of hydrogen-bond acceptors (Lipinski definition) is 3. The number of nitrogens with one attached hydrogen (secondary N) is 1. The molecule has 136 valence electrons. The van der Waals surface area contributed by atoms with Crippen LogP contribution in [0.15, 0.2) is 48.8 Å². The summed E-state index contributed by atoms with van der Waals surface area (Å²) in [4.78, 5) is 16.3. The largest absolute Gasteiger partial charge is 0.416 e. The predicted octanol–water partition coefficient (Wildman–Crippen LogP) is 3.40. The van der Waals surface area contributed by atoms with Gasteiger partial charge in [0, 0.05) is 26.0 Å². The minimum atomic E-state index is -4.36. The van der Waals surface area contributed by atoms with Crippen LogP contribution in [0, 0.1) is 0 Å². The third-order valence-electron chi connectivity index (χ3n) is 3.82. The third-order valence-corrected chi connectivity index (χ3v) is 3.82. The predicted molar refractivity (Wildman–Crippen MR) is 89.8 cm³/mol. The van der Waals surface area contributed by atoms with Gasteiger partial charge >= 0.3 is 6.18 Å². The second kappa shape index (κ2) is 7.17. The smallest absolute Gasteiger partial charge is 0.383 e. The van der Waals surface area contributed by atoms with Crippen molar-refractivity contribution in [1.29, 1.82) is 0 Å². The van der Waals surface area contributed by atoms with Crippen LogP contribution in [0.3, 0.4) is 0 Å². The molecule has 0 aliphatic heterocycles. The lowest BCUT2D eigenvalue weighted by Gasteiger charge is -2.08. The van der Waals surface area contributed by atoms with E-state index in [0.29, 0.717) is 24.4 Å². The van der Waals surface area contributed by atoms with Crippen LogP contribution < -0.4 is 5.32 Å². The number of methoxy groups -OCH3 is 1. The first-order valence-electron chi connectivity index (χ1n) is 7.82. The second-order valence-electron chi connectivity index (χ2n) is 5.63. The molecule has 3 rings (SSSR count). The summed E-state index contributed by atoms with van der Waals surface area (Å²) in [7, 11) is 1.54. The molecular formula is C18H16F3N3O2. The number of ether oxygens (including phenoxy) is 1. The van der Waals surface area contributed by atoms with Gasteiger partial charge in [0.25, 0.3) is 5.91 Å². The van der Waals surface area contributed by atoms with Gasteiger partial charge in [-0.05, 0) is 35.4 Å². The number of benzene rings is 1. The normalized spacial score (nSPS) is 11.7. The molecule has 0 atom stereocenters. The number of imidazole rings is 1. The molecular weight excluding hydrogens is 347 g/mol. The van der Waals surface area contributed by atoms with Crippen LogP contribution in [0.5, 0.6) is 0 Å². The number of halogens is 3. The maximum absolute atomic E-state index is 12.7. The lowest BCUT2D eigenvalue weighted by atomic mass is 10.1. The Balaban J connectivity index is 1.84. The topological polar surface area (TPSA) is 55.6 Å². The van der Waals surface area contributed by atoms with Gasteiger partial charge in [-0.1, -0.05) is 12.1 Å². The van der Waals surface area contributed by atoms with Crippen molar-refractivity contribution < 1.29 is 22.7 Å². The number of hydrogen-bond donors (Lipinski definition) is 1. The second-order valence-corrected chi connectivity index (χ2v) is 5.63. The van der Waals surface area contributed by atoms with Crippen molar-refractivity contribution in [2.75, 3.05) is 20.3 Å². The summed E-state index contributed by atoms with van der Waals surface area (Å²) in [6.07, 6.45) is -1.07. The zero-order valence-electron chi connectivity index (χ0n) is 13.9. The summed E-state index contributed by atoms with van der Waals surface area (Å²) < 4.78 is 44.5. The first-order chi connectivity index (χ1) is 12.4. The Morgan fingerprint density at radius 1 is 1.12 bits per heavy atom. The molecule has 2 aromatic heterocycles. The Hall–Kier alpha value is -2.87. The van der Waals surface area contributed by atoms with Gasteiger partial charge < -0.3 is 14.5 Å². The van der Waals surface area contributed by atoms with Crippen molar-refractivity contribution in [2.45, 2.75) is 6.18 Å². The molecule has 0 saturated carbocycles. The van der Waals surface area contributed by atoms with Crippen LogP contribution in [0.1, 0.15) is 16.1 Å². The van der Waals surface area contributed by atoms with E-state index in [9.17, 15) is 18.0 Å².